The van der Waals surface area contributed by atoms with Crippen molar-refractivity contribution in [3.8, 4) is 5.75 Å². The summed E-state index contributed by atoms with van der Waals surface area (Å²) in [5, 5.41) is 2.32. The second-order valence-corrected chi connectivity index (χ2v) is 8.75. The van der Waals surface area contributed by atoms with Crippen molar-refractivity contribution in [3.63, 3.8) is 0 Å². The molecule has 2 aromatic rings. The summed E-state index contributed by atoms with van der Waals surface area (Å²) < 4.78 is 10.8. The Morgan fingerprint density at radius 1 is 1.04 bits per heavy atom. The lowest BCUT2D eigenvalue weighted by Crippen LogP contribution is -2.50. The fourth-order valence-electron chi connectivity index (χ4n) is 6.34. The highest BCUT2D eigenvalue weighted by Gasteiger charge is 2.55. The van der Waals surface area contributed by atoms with Crippen molar-refractivity contribution >= 4 is 16.7 Å². The fourth-order valence-corrected chi connectivity index (χ4v) is 6.34. The first-order chi connectivity index (χ1) is 13.1. The van der Waals surface area contributed by atoms with Crippen LogP contribution in [0.15, 0.2) is 48.2 Å². The maximum atomic E-state index is 11.2. The van der Waals surface area contributed by atoms with Gasteiger partial charge in [-0.2, -0.15) is 0 Å². The zero-order valence-electron chi connectivity index (χ0n) is 16.0. The molecule has 27 heavy (non-hydrogen) atoms. The molecule has 4 bridgehead atoms. The summed E-state index contributed by atoms with van der Waals surface area (Å²) >= 11 is 0. The highest BCUT2D eigenvalue weighted by Crippen LogP contribution is 2.63. The van der Waals surface area contributed by atoms with Gasteiger partial charge in [-0.25, -0.2) is 0 Å². The van der Waals surface area contributed by atoms with E-state index >= 15 is 0 Å². The van der Waals surface area contributed by atoms with Crippen molar-refractivity contribution in [2.75, 3.05) is 7.11 Å². The summed E-state index contributed by atoms with van der Waals surface area (Å²) in [4.78, 5) is 11.2. The van der Waals surface area contributed by atoms with Gasteiger partial charge < -0.3 is 9.47 Å². The van der Waals surface area contributed by atoms with Crippen LogP contribution in [0.25, 0.3) is 10.8 Å². The maximum Gasteiger partial charge on any atom is 0.308 e. The Bertz CT molecular complexity index is 928. The number of esters is 1. The van der Waals surface area contributed by atoms with Crippen LogP contribution < -0.4 is 4.74 Å². The van der Waals surface area contributed by atoms with Gasteiger partial charge >= 0.3 is 5.97 Å². The minimum absolute atomic E-state index is 0.146. The van der Waals surface area contributed by atoms with Gasteiger partial charge in [0, 0.05) is 12.3 Å². The number of fused-ring (bicyclic) bond motifs is 1. The SMILES string of the molecule is CO/C=C1\C2CC3CC(C2)CC1(c1ccc2cc(OC(C)=O)ccc2c1)C3. The van der Waals surface area contributed by atoms with E-state index in [2.05, 4.69) is 30.5 Å². The molecule has 4 fully saturated rings. The lowest BCUT2D eigenvalue weighted by Gasteiger charge is -2.58. The molecule has 140 valence electrons. The van der Waals surface area contributed by atoms with Crippen LogP contribution in [0.5, 0.6) is 5.75 Å². The Balaban J connectivity index is 1.59. The van der Waals surface area contributed by atoms with Gasteiger partial charge in [-0.1, -0.05) is 24.3 Å². The zero-order valence-corrected chi connectivity index (χ0v) is 16.0. The smallest absolute Gasteiger partial charge is 0.308 e. The summed E-state index contributed by atoms with van der Waals surface area (Å²) in [6, 6.07) is 12.7. The molecule has 0 amide bonds. The average molecular weight is 362 g/mol. The van der Waals surface area contributed by atoms with Gasteiger partial charge in [-0.15, -0.1) is 0 Å². The van der Waals surface area contributed by atoms with E-state index in [0.29, 0.717) is 11.7 Å². The number of allylic oxidation sites excluding steroid dienone is 1. The first-order valence-electron chi connectivity index (χ1n) is 10.0. The summed E-state index contributed by atoms with van der Waals surface area (Å²) in [6.07, 6.45) is 8.66. The molecule has 2 unspecified atom stereocenters. The lowest BCUT2D eigenvalue weighted by molar-refractivity contribution is -0.131. The average Bonchev–Trinajstić information content (AvgIpc) is 2.63. The predicted molar refractivity (Wildman–Crippen MR) is 106 cm³/mol. The van der Waals surface area contributed by atoms with E-state index in [4.69, 9.17) is 9.47 Å². The lowest BCUT2D eigenvalue weighted by atomic mass is 9.46. The molecule has 2 aromatic carbocycles. The van der Waals surface area contributed by atoms with Gasteiger partial charge in [0.25, 0.3) is 0 Å². The third-order valence-corrected chi connectivity index (χ3v) is 7.04. The van der Waals surface area contributed by atoms with Gasteiger partial charge in [0.15, 0.2) is 0 Å². The molecule has 4 aliphatic rings. The third kappa shape index (κ3) is 2.67. The van der Waals surface area contributed by atoms with Crippen LogP contribution in [-0.2, 0) is 14.9 Å². The Kier molecular flexibility index (Phi) is 3.82. The second kappa shape index (κ2) is 6.12. The molecule has 3 heteroatoms. The van der Waals surface area contributed by atoms with E-state index in [1.807, 2.05) is 12.1 Å². The van der Waals surface area contributed by atoms with Gasteiger partial charge in [0.2, 0.25) is 0 Å². The Hall–Kier alpha value is -2.29. The monoisotopic (exact) mass is 362 g/mol. The minimum Gasteiger partial charge on any atom is -0.504 e. The van der Waals surface area contributed by atoms with Crippen LogP contribution in [0, 0.1) is 17.8 Å². The topological polar surface area (TPSA) is 35.5 Å². The third-order valence-electron chi connectivity index (χ3n) is 7.04. The summed E-state index contributed by atoms with van der Waals surface area (Å²) in [5.41, 5.74) is 3.10. The normalized spacial score (nSPS) is 32.8. The molecule has 4 aliphatic carbocycles. The summed E-state index contributed by atoms with van der Waals surface area (Å²) in [6.45, 7) is 1.43. The highest BCUT2D eigenvalue weighted by atomic mass is 16.5. The molecule has 2 atom stereocenters. The van der Waals surface area contributed by atoms with Crippen LogP contribution in [0.3, 0.4) is 0 Å². The highest BCUT2D eigenvalue weighted by molar-refractivity contribution is 5.85. The van der Waals surface area contributed by atoms with Crippen molar-refractivity contribution in [2.24, 2.45) is 17.8 Å². The number of carbonyl (C=O) groups is 1. The van der Waals surface area contributed by atoms with Crippen LogP contribution in [0.4, 0.5) is 0 Å². The van der Waals surface area contributed by atoms with Crippen LogP contribution in [0.2, 0.25) is 0 Å². The van der Waals surface area contributed by atoms with Crippen LogP contribution in [0.1, 0.15) is 44.6 Å². The Morgan fingerprint density at radius 2 is 1.74 bits per heavy atom. The van der Waals surface area contributed by atoms with Crippen LogP contribution >= 0.6 is 0 Å². The standard InChI is InChI=1S/C24H26O3/c1-15(25)27-22-6-4-18-10-21(5-3-19(18)11-22)24-12-16-7-17(13-24)9-20(8-16)23(24)14-26-2/h3-6,10-11,14,16-17,20H,7-9,12-13H2,1-2H3/b23-14+. The van der Waals surface area contributed by atoms with Crippen molar-refractivity contribution in [1.29, 1.82) is 0 Å². The van der Waals surface area contributed by atoms with E-state index in [9.17, 15) is 4.79 Å². The van der Waals surface area contributed by atoms with Gasteiger partial charge in [0.05, 0.1) is 13.4 Å². The van der Waals surface area contributed by atoms with Crippen molar-refractivity contribution in [3.05, 3.63) is 53.8 Å². The maximum absolute atomic E-state index is 11.2. The Morgan fingerprint density at radius 3 is 2.44 bits per heavy atom. The molecule has 0 heterocycles. The van der Waals surface area contributed by atoms with Crippen LogP contribution in [-0.4, -0.2) is 13.1 Å². The molecule has 0 aliphatic heterocycles. The van der Waals surface area contributed by atoms with Gasteiger partial charge in [-0.3, -0.25) is 4.79 Å². The molecule has 0 saturated heterocycles. The van der Waals surface area contributed by atoms with E-state index < -0.39 is 0 Å². The number of methoxy groups -OCH3 is 1. The largest absolute Gasteiger partial charge is 0.504 e. The molecular weight excluding hydrogens is 336 g/mol. The number of hydrogen-bond acceptors (Lipinski definition) is 3. The van der Waals surface area contributed by atoms with Crippen molar-refractivity contribution in [2.45, 2.75) is 44.4 Å². The molecule has 0 spiro atoms. The zero-order chi connectivity index (χ0) is 18.6. The Labute approximate surface area is 160 Å². The van der Waals surface area contributed by atoms with Gasteiger partial charge in [0.1, 0.15) is 5.75 Å². The molecule has 3 nitrogen and oxygen atoms in total. The van der Waals surface area contributed by atoms with E-state index in [0.717, 1.165) is 17.2 Å². The molecule has 6 rings (SSSR count). The number of carbonyl (C=O) groups excluding carboxylic acids is 1. The van der Waals surface area contributed by atoms with E-state index in [1.54, 1.807) is 7.11 Å². The number of ether oxygens (including phenoxy) is 2. The number of hydrogen-bond donors (Lipinski definition) is 0. The molecular formula is C24H26O3. The first-order valence-corrected chi connectivity index (χ1v) is 10.0. The quantitative estimate of drug-likeness (QED) is 0.418. The van der Waals surface area contributed by atoms with E-state index in [-0.39, 0.29) is 11.4 Å². The van der Waals surface area contributed by atoms with E-state index in [1.165, 1.54) is 55.6 Å². The molecule has 0 N–H and O–H groups in total. The van der Waals surface area contributed by atoms with Crippen molar-refractivity contribution in [1.82, 2.24) is 0 Å². The number of rotatable bonds is 3. The first kappa shape index (κ1) is 16.9. The minimum atomic E-state index is -0.283. The van der Waals surface area contributed by atoms with Crippen molar-refractivity contribution < 1.29 is 14.3 Å². The molecule has 0 aromatic heterocycles. The molecule has 4 saturated carbocycles. The summed E-state index contributed by atoms with van der Waals surface area (Å²) in [5.74, 6) is 2.74. The van der Waals surface area contributed by atoms with Gasteiger partial charge in [-0.05, 0) is 83.9 Å². The second-order valence-electron chi connectivity index (χ2n) is 8.75. The summed E-state index contributed by atoms with van der Waals surface area (Å²) in [7, 11) is 1.78. The number of benzene rings is 2. The fraction of sp³-hybridized carbons (Fsp3) is 0.458. The molecule has 0 radical (unpaired) electrons. The predicted octanol–water partition coefficient (Wildman–Crippen LogP) is 5.37.